The molecule has 0 saturated carbocycles. The van der Waals surface area contributed by atoms with Gasteiger partial charge >= 0.3 is 0 Å². The molecular formula is C26H26BrN3O5. The fourth-order valence-electron chi connectivity index (χ4n) is 3.10. The minimum Gasteiger partial charge on any atom is -0.496 e. The Morgan fingerprint density at radius 3 is 2.49 bits per heavy atom. The lowest BCUT2D eigenvalue weighted by Gasteiger charge is -2.14. The number of halogens is 1. The Morgan fingerprint density at radius 2 is 1.74 bits per heavy atom. The quantitative estimate of drug-likeness (QED) is 0.279. The van der Waals surface area contributed by atoms with Crippen molar-refractivity contribution in [1.29, 1.82) is 0 Å². The van der Waals surface area contributed by atoms with Crippen molar-refractivity contribution in [3.8, 4) is 17.2 Å². The van der Waals surface area contributed by atoms with E-state index in [2.05, 4.69) is 31.8 Å². The molecule has 9 heteroatoms. The minimum absolute atomic E-state index is 0.242. The number of carbonyl (C=O) groups excluding carboxylic acids is 2. The van der Waals surface area contributed by atoms with Crippen molar-refractivity contribution in [3.63, 3.8) is 0 Å². The van der Waals surface area contributed by atoms with E-state index in [-0.39, 0.29) is 6.54 Å². The highest BCUT2D eigenvalue weighted by Gasteiger charge is 2.14. The summed E-state index contributed by atoms with van der Waals surface area (Å²) < 4.78 is 17.6. The van der Waals surface area contributed by atoms with Gasteiger partial charge in [0.25, 0.3) is 11.8 Å². The predicted octanol–water partition coefficient (Wildman–Crippen LogP) is 4.32. The zero-order valence-corrected chi connectivity index (χ0v) is 21.0. The summed E-state index contributed by atoms with van der Waals surface area (Å²) in [5.74, 6) is 0.662. The number of ether oxygens (including phenoxy) is 3. The van der Waals surface area contributed by atoms with Crippen LogP contribution in [0.3, 0.4) is 0 Å². The van der Waals surface area contributed by atoms with Gasteiger partial charge in [0.05, 0.1) is 36.5 Å². The van der Waals surface area contributed by atoms with Crippen LogP contribution in [-0.4, -0.2) is 38.3 Å². The topological polar surface area (TPSA) is 98.2 Å². The second kappa shape index (κ2) is 13.1. The fourth-order valence-corrected chi connectivity index (χ4v) is 3.68. The summed E-state index contributed by atoms with van der Waals surface area (Å²) in [7, 11) is 1.48. The summed E-state index contributed by atoms with van der Waals surface area (Å²) >= 11 is 3.53. The van der Waals surface area contributed by atoms with Gasteiger partial charge in [-0.25, -0.2) is 5.43 Å². The van der Waals surface area contributed by atoms with Crippen molar-refractivity contribution in [2.45, 2.75) is 13.5 Å². The third-order valence-electron chi connectivity index (χ3n) is 4.72. The minimum atomic E-state index is -0.476. The van der Waals surface area contributed by atoms with Gasteiger partial charge in [0.2, 0.25) is 0 Å². The van der Waals surface area contributed by atoms with Crippen LogP contribution in [0, 0.1) is 0 Å². The molecule has 0 aliphatic heterocycles. The monoisotopic (exact) mass is 539 g/mol. The third kappa shape index (κ3) is 7.58. The molecule has 2 N–H and O–H groups in total. The van der Waals surface area contributed by atoms with Gasteiger partial charge in [-0.1, -0.05) is 42.5 Å². The zero-order chi connectivity index (χ0) is 25.0. The number of carbonyl (C=O) groups is 2. The smallest absolute Gasteiger partial charge is 0.259 e. The van der Waals surface area contributed by atoms with E-state index in [1.54, 1.807) is 30.3 Å². The third-order valence-corrected chi connectivity index (χ3v) is 5.31. The standard InChI is InChI=1S/C26H26BrN3O5/c1-3-34-23-14-19(13-21(27)25(23)35-17-18-9-5-4-6-10-18)15-29-30-24(31)16-28-26(32)20-11-7-8-12-22(20)33-2/h4-15H,3,16-17H2,1-2H3,(H,28,32)(H,30,31). The molecule has 0 radical (unpaired) electrons. The van der Waals surface area contributed by atoms with Crippen LogP contribution < -0.4 is 25.0 Å². The number of hydrazone groups is 1. The van der Waals surface area contributed by atoms with Crippen LogP contribution in [0.25, 0.3) is 0 Å². The van der Waals surface area contributed by atoms with E-state index in [1.165, 1.54) is 13.3 Å². The van der Waals surface area contributed by atoms with Crippen molar-refractivity contribution >= 4 is 34.0 Å². The Balaban J connectivity index is 1.58. The molecule has 0 bridgehead atoms. The van der Waals surface area contributed by atoms with E-state index in [9.17, 15) is 9.59 Å². The van der Waals surface area contributed by atoms with E-state index in [0.29, 0.717) is 46.1 Å². The van der Waals surface area contributed by atoms with E-state index in [4.69, 9.17) is 14.2 Å². The first-order valence-corrected chi connectivity index (χ1v) is 11.7. The first kappa shape index (κ1) is 25.8. The van der Waals surface area contributed by atoms with Crippen LogP contribution in [0.2, 0.25) is 0 Å². The molecule has 3 rings (SSSR count). The first-order valence-electron chi connectivity index (χ1n) is 10.9. The highest BCUT2D eigenvalue weighted by atomic mass is 79.9. The molecule has 0 aliphatic carbocycles. The lowest BCUT2D eigenvalue weighted by molar-refractivity contribution is -0.120. The molecule has 0 spiro atoms. The van der Waals surface area contributed by atoms with Crippen LogP contribution in [-0.2, 0) is 11.4 Å². The molecule has 0 atom stereocenters. The Bertz CT molecular complexity index is 1180. The van der Waals surface area contributed by atoms with Crippen LogP contribution in [0.1, 0.15) is 28.4 Å². The number of nitrogens with one attached hydrogen (secondary N) is 2. The second-order valence-electron chi connectivity index (χ2n) is 7.21. The number of rotatable bonds is 11. The Labute approximate surface area is 212 Å². The molecule has 0 aromatic heterocycles. The molecule has 35 heavy (non-hydrogen) atoms. The lowest BCUT2D eigenvalue weighted by atomic mass is 10.2. The Kier molecular flexibility index (Phi) is 9.68. The molecule has 0 saturated heterocycles. The van der Waals surface area contributed by atoms with Crippen molar-refractivity contribution in [2.75, 3.05) is 20.3 Å². The summed E-state index contributed by atoms with van der Waals surface area (Å²) in [6, 6.07) is 20.2. The molecule has 2 amide bonds. The SMILES string of the molecule is CCOc1cc(C=NNC(=O)CNC(=O)c2ccccc2OC)cc(Br)c1OCc1ccccc1. The second-order valence-corrected chi connectivity index (χ2v) is 8.07. The van der Waals surface area contributed by atoms with Gasteiger partial charge in [0.1, 0.15) is 12.4 Å². The first-order chi connectivity index (χ1) is 17.0. The molecule has 0 fully saturated rings. The van der Waals surface area contributed by atoms with Gasteiger partial charge in [0.15, 0.2) is 11.5 Å². The van der Waals surface area contributed by atoms with E-state index >= 15 is 0 Å². The van der Waals surface area contributed by atoms with E-state index < -0.39 is 11.8 Å². The van der Waals surface area contributed by atoms with Crippen LogP contribution in [0.15, 0.2) is 76.3 Å². The fraction of sp³-hybridized carbons (Fsp3) is 0.192. The van der Waals surface area contributed by atoms with Crippen molar-refractivity contribution in [1.82, 2.24) is 10.7 Å². The average molecular weight is 540 g/mol. The van der Waals surface area contributed by atoms with Gasteiger partial charge < -0.3 is 19.5 Å². The lowest BCUT2D eigenvalue weighted by Crippen LogP contribution is -2.35. The summed E-state index contributed by atoms with van der Waals surface area (Å²) in [6.07, 6.45) is 1.48. The van der Waals surface area contributed by atoms with Crippen molar-refractivity contribution < 1.29 is 23.8 Å². The average Bonchev–Trinajstić information content (AvgIpc) is 2.87. The maximum atomic E-state index is 12.3. The summed E-state index contributed by atoms with van der Waals surface area (Å²) in [5.41, 5.74) is 4.46. The maximum absolute atomic E-state index is 12.3. The number of benzene rings is 3. The highest BCUT2D eigenvalue weighted by molar-refractivity contribution is 9.10. The summed E-state index contributed by atoms with van der Waals surface area (Å²) in [6.45, 7) is 2.49. The number of para-hydroxylation sites is 1. The number of amides is 2. The van der Waals surface area contributed by atoms with Gasteiger partial charge in [-0.15, -0.1) is 0 Å². The Morgan fingerprint density at radius 1 is 1.00 bits per heavy atom. The number of hydrogen-bond acceptors (Lipinski definition) is 6. The number of hydrogen-bond donors (Lipinski definition) is 2. The van der Waals surface area contributed by atoms with Gasteiger partial charge in [0, 0.05) is 0 Å². The van der Waals surface area contributed by atoms with Gasteiger partial charge in [-0.2, -0.15) is 5.10 Å². The predicted molar refractivity (Wildman–Crippen MR) is 137 cm³/mol. The van der Waals surface area contributed by atoms with Crippen LogP contribution in [0.5, 0.6) is 17.2 Å². The van der Waals surface area contributed by atoms with E-state index in [0.717, 1.165) is 5.56 Å². The zero-order valence-electron chi connectivity index (χ0n) is 19.4. The molecule has 0 heterocycles. The molecule has 8 nitrogen and oxygen atoms in total. The normalized spacial score (nSPS) is 10.6. The molecule has 0 unspecified atom stereocenters. The number of nitrogens with zero attached hydrogens (tertiary/aromatic N) is 1. The summed E-state index contributed by atoms with van der Waals surface area (Å²) in [4.78, 5) is 24.4. The summed E-state index contributed by atoms with van der Waals surface area (Å²) in [5, 5.41) is 6.52. The maximum Gasteiger partial charge on any atom is 0.259 e. The van der Waals surface area contributed by atoms with Crippen molar-refractivity contribution in [3.05, 3.63) is 87.9 Å². The molecule has 3 aromatic rings. The molecular weight excluding hydrogens is 514 g/mol. The highest BCUT2D eigenvalue weighted by Crippen LogP contribution is 2.37. The Hall–Kier alpha value is -3.85. The van der Waals surface area contributed by atoms with Crippen molar-refractivity contribution in [2.24, 2.45) is 5.10 Å². The molecule has 0 aliphatic rings. The largest absolute Gasteiger partial charge is 0.496 e. The van der Waals surface area contributed by atoms with Gasteiger partial charge in [-0.05, 0) is 58.2 Å². The van der Waals surface area contributed by atoms with E-state index in [1.807, 2.05) is 43.3 Å². The van der Waals surface area contributed by atoms with Crippen LogP contribution >= 0.6 is 15.9 Å². The molecule has 182 valence electrons. The van der Waals surface area contributed by atoms with Crippen LogP contribution in [0.4, 0.5) is 0 Å². The molecule has 3 aromatic carbocycles. The van der Waals surface area contributed by atoms with Gasteiger partial charge in [-0.3, -0.25) is 9.59 Å². The number of methoxy groups -OCH3 is 1.